The van der Waals surface area contributed by atoms with Gasteiger partial charge in [-0.1, -0.05) is 0 Å². The van der Waals surface area contributed by atoms with Crippen LogP contribution in [0.3, 0.4) is 0 Å². The highest BCUT2D eigenvalue weighted by Crippen LogP contribution is 2.22. The predicted octanol–water partition coefficient (Wildman–Crippen LogP) is 0.638. The molecule has 0 aromatic heterocycles. The van der Waals surface area contributed by atoms with Crippen molar-refractivity contribution in [2.24, 2.45) is 0 Å². The van der Waals surface area contributed by atoms with Crippen LogP contribution in [0.1, 0.15) is 26.3 Å². The molecular weight excluding hydrogens is 252 g/mol. The van der Waals surface area contributed by atoms with Crippen LogP contribution in [0, 0.1) is 6.92 Å². The monoisotopic (exact) mass is 260 g/mol. The Kier molecular flexibility index (Phi) is 3.21. The van der Waals surface area contributed by atoms with Crippen LogP contribution < -0.4 is 0 Å². The maximum absolute atomic E-state index is 11.0. The zero-order valence-corrected chi connectivity index (χ0v) is 9.35. The average molecular weight is 260 g/mol. The summed E-state index contributed by atoms with van der Waals surface area (Å²) < 4.78 is 30.9. The minimum absolute atomic E-state index is 0.148. The molecule has 17 heavy (non-hydrogen) atoms. The van der Waals surface area contributed by atoms with E-state index < -0.39 is 32.5 Å². The highest BCUT2D eigenvalue weighted by molar-refractivity contribution is 7.86. The number of hydrogen-bond donors (Lipinski definition) is 3. The van der Waals surface area contributed by atoms with E-state index in [1.807, 2.05) is 0 Å². The lowest BCUT2D eigenvalue weighted by Crippen LogP contribution is -2.12. The number of rotatable bonds is 3. The number of benzene rings is 1. The fraction of sp³-hybridized carbons (Fsp3) is 0.111. The van der Waals surface area contributed by atoms with Crippen LogP contribution in [0.5, 0.6) is 0 Å². The molecule has 0 saturated heterocycles. The first-order chi connectivity index (χ1) is 7.64. The van der Waals surface area contributed by atoms with Crippen LogP contribution in [0.4, 0.5) is 0 Å². The van der Waals surface area contributed by atoms with Crippen molar-refractivity contribution in [1.29, 1.82) is 0 Å². The molecule has 0 aliphatic carbocycles. The van der Waals surface area contributed by atoms with Gasteiger partial charge in [-0.25, -0.2) is 9.59 Å². The Morgan fingerprint density at radius 3 is 2.00 bits per heavy atom. The topological polar surface area (TPSA) is 129 Å². The van der Waals surface area contributed by atoms with Crippen molar-refractivity contribution in [3.63, 3.8) is 0 Å². The molecule has 92 valence electrons. The van der Waals surface area contributed by atoms with Crippen LogP contribution in [0.25, 0.3) is 0 Å². The Hall–Kier alpha value is -1.93. The van der Waals surface area contributed by atoms with Crippen molar-refractivity contribution in [2.75, 3.05) is 0 Å². The van der Waals surface area contributed by atoms with Gasteiger partial charge in [0.2, 0.25) is 0 Å². The molecule has 0 aliphatic rings. The van der Waals surface area contributed by atoms with E-state index in [1.165, 1.54) is 6.92 Å². The lowest BCUT2D eigenvalue weighted by Gasteiger charge is -2.08. The van der Waals surface area contributed by atoms with E-state index >= 15 is 0 Å². The molecule has 3 N–H and O–H groups in total. The Balaban J connectivity index is 3.74. The fourth-order valence-electron chi connectivity index (χ4n) is 1.40. The summed E-state index contributed by atoms with van der Waals surface area (Å²) in [6.45, 7) is 1.20. The molecule has 7 nitrogen and oxygen atoms in total. The van der Waals surface area contributed by atoms with E-state index in [-0.39, 0.29) is 11.1 Å². The first-order valence-electron chi connectivity index (χ1n) is 4.23. The van der Waals surface area contributed by atoms with Crippen LogP contribution in [0.15, 0.2) is 17.0 Å². The molecule has 0 radical (unpaired) electrons. The molecule has 1 aromatic carbocycles. The second-order valence-electron chi connectivity index (χ2n) is 3.26. The van der Waals surface area contributed by atoms with Crippen molar-refractivity contribution in [1.82, 2.24) is 0 Å². The zero-order valence-electron chi connectivity index (χ0n) is 8.54. The summed E-state index contributed by atoms with van der Waals surface area (Å²) in [6, 6.07) is 1.65. The lowest BCUT2D eigenvalue weighted by atomic mass is 10.1. The molecule has 0 saturated carbocycles. The minimum atomic E-state index is -4.73. The summed E-state index contributed by atoms with van der Waals surface area (Å²) in [5.41, 5.74) is -1.29. The van der Waals surface area contributed by atoms with Crippen molar-refractivity contribution >= 4 is 22.1 Å². The molecular formula is C9H8O7S. The third-order valence-electron chi connectivity index (χ3n) is 2.01. The van der Waals surface area contributed by atoms with Crippen molar-refractivity contribution in [3.05, 3.63) is 28.8 Å². The molecule has 0 amide bonds. The van der Waals surface area contributed by atoms with E-state index in [0.29, 0.717) is 6.07 Å². The van der Waals surface area contributed by atoms with E-state index in [2.05, 4.69) is 0 Å². The average Bonchev–Trinajstić information content (AvgIpc) is 2.13. The first-order valence-corrected chi connectivity index (χ1v) is 5.67. The van der Waals surface area contributed by atoms with Crippen molar-refractivity contribution in [3.8, 4) is 0 Å². The number of hydrogen-bond acceptors (Lipinski definition) is 4. The number of aryl methyl sites for hydroxylation is 1. The minimum Gasteiger partial charge on any atom is -0.478 e. The molecule has 0 aliphatic heterocycles. The summed E-state index contributed by atoms with van der Waals surface area (Å²) in [5.74, 6) is -3.03. The summed E-state index contributed by atoms with van der Waals surface area (Å²) in [5, 5.41) is 17.5. The van der Waals surface area contributed by atoms with Gasteiger partial charge >= 0.3 is 11.9 Å². The number of carboxylic acid groups (broad SMARTS) is 2. The Bertz CT molecular complexity index is 600. The Morgan fingerprint density at radius 2 is 1.65 bits per heavy atom. The van der Waals surface area contributed by atoms with Crippen LogP contribution >= 0.6 is 0 Å². The van der Waals surface area contributed by atoms with Crippen molar-refractivity contribution < 1.29 is 32.8 Å². The molecule has 1 aromatic rings. The van der Waals surface area contributed by atoms with E-state index in [1.54, 1.807) is 0 Å². The second kappa shape index (κ2) is 4.15. The maximum Gasteiger partial charge on any atom is 0.337 e. The smallest absolute Gasteiger partial charge is 0.337 e. The van der Waals surface area contributed by atoms with Crippen LogP contribution in [-0.2, 0) is 10.1 Å². The summed E-state index contributed by atoms with van der Waals surface area (Å²) in [6.07, 6.45) is 0. The molecule has 8 heteroatoms. The summed E-state index contributed by atoms with van der Waals surface area (Å²) >= 11 is 0. The van der Waals surface area contributed by atoms with E-state index in [4.69, 9.17) is 14.8 Å². The number of carbonyl (C=O) groups is 2. The standard InChI is InChI=1S/C9H8O7S/c1-4-2-5(8(10)11)3-6(9(12)13)7(4)17(14,15)16/h2-3H,1H3,(H,10,11)(H,12,13)(H,14,15,16). The molecule has 0 fully saturated rings. The summed E-state index contributed by atoms with van der Waals surface area (Å²) in [4.78, 5) is 20.7. The maximum atomic E-state index is 11.0. The van der Waals surface area contributed by atoms with Gasteiger partial charge in [0.15, 0.2) is 0 Å². The Morgan fingerprint density at radius 1 is 1.12 bits per heavy atom. The largest absolute Gasteiger partial charge is 0.478 e. The van der Waals surface area contributed by atoms with E-state index in [0.717, 1.165) is 6.07 Å². The van der Waals surface area contributed by atoms with Crippen LogP contribution in [0.2, 0.25) is 0 Å². The number of aromatic carboxylic acids is 2. The lowest BCUT2D eigenvalue weighted by molar-refractivity contribution is 0.0692. The highest BCUT2D eigenvalue weighted by Gasteiger charge is 2.24. The normalized spacial score (nSPS) is 11.2. The third-order valence-corrected chi connectivity index (χ3v) is 3.07. The SMILES string of the molecule is Cc1cc(C(=O)O)cc(C(=O)O)c1S(=O)(=O)O. The molecule has 0 heterocycles. The summed E-state index contributed by atoms with van der Waals surface area (Å²) in [7, 11) is -4.73. The van der Waals surface area contributed by atoms with Gasteiger partial charge in [-0.2, -0.15) is 8.42 Å². The quantitative estimate of drug-likeness (QED) is 0.680. The third kappa shape index (κ3) is 2.60. The van der Waals surface area contributed by atoms with Gasteiger partial charge in [0.1, 0.15) is 4.90 Å². The van der Waals surface area contributed by atoms with Gasteiger partial charge in [-0.3, -0.25) is 4.55 Å². The molecule has 1 rings (SSSR count). The van der Waals surface area contributed by atoms with Crippen molar-refractivity contribution in [2.45, 2.75) is 11.8 Å². The molecule has 0 atom stereocenters. The van der Waals surface area contributed by atoms with Gasteiger partial charge in [0, 0.05) is 0 Å². The predicted molar refractivity (Wildman–Crippen MR) is 54.9 cm³/mol. The van der Waals surface area contributed by atoms with E-state index in [9.17, 15) is 18.0 Å². The van der Waals surface area contributed by atoms with Gasteiger partial charge in [0.05, 0.1) is 11.1 Å². The zero-order chi connectivity index (χ0) is 13.4. The molecule has 0 spiro atoms. The van der Waals surface area contributed by atoms with Gasteiger partial charge in [-0.15, -0.1) is 0 Å². The number of carboxylic acids is 2. The Labute approximate surface area is 96.1 Å². The van der Waals surface area contributed by atoms with Gasteiger partial charge < -0.3 is 10.2 Å². The van der Waals surface area contributed by atoms with Gasteiger partial charge in [0.25, 0.3) is 10.1 Å². The van der Waals surface area contributed by atoms with Crippen LogP contribution in [-0.4, -0.2) is 35.1 Å². The molecule has 0 bridgehead atoms. The molecule has 0 unspecified atom stereocenters. The second-order valence-corrected chi connectivity index (χ2v) is 4.61. The van der Waals surface area contributed by atoms with Gasteiger partial charge in [-0.05, 0) is 24.6 Å². The highest BCUT2D eigenvalue weighted by atomic mass is 32.2. The first kappa shape index (κ1) is 13.1. The fourth-order valence-corrected chi connectivity index (χ4v) is 2.29.